The van der Waals surface area contributed by atoms with Gasteiger partial charge in [-0.25, -0.2) is 0 Å². The van der Waals surface area contributed by atoms with Crippen molar-refractivity contribution in [2.75, 3.05) is 6.54 Å². The lowest BCUT2D eigenvalue weighted by Crippen LogP contribution is -2.34. The molecule has 1 N–H and O–H groups in total. The van der Waals surface area contributed by atoms with Gasteiger partial charge in [-0.2, -0.15) is 4.98 Å². The van der Waals surface area contributed by atoms with Crippen molar-refractivity contribution in [3.05, 3.63) is 42.0 Å². The van der Waals surface area contributed by atoms with Gasteiger partial charge in [0, 0.05) is 36.8 Å². The van der Waals surface area contributed by atoms with E-state index in [-0.39, 0.29) is 11.8 Å². The summed E-state index contributed by atoms with van der Waals surface area (Å²) in [6.07, 6.45) is 5.27. The molecular formula is C16H16N4O2. The predicted molar refractivity (Wildman–Crippen MR) is 80.4 cm³/mol. The lowest BCUT2D eigenvalue weighted by molar-refractivity contribution is -0.122. The maximum absolute atomic E-state index is 11.2. The minimum Gasteiger partial charge on any atom is -0.355 e. The monoisotopic (exact) mass is 296 g/mol. The third-order valence-corrected chi connectivity index (χ3v) is 4.16. The molecule has 0 saturated carbocycles. The average molecular weight is 296 g/mol. The Labute approximate surface area is 127 Å². The van der Waals surface area contributed by atoms with Crippen LogP contribution in [0, 0.1) is 6.92 Å². The molecule has 112 valence electrons. The van der Waals surface area contributed by atoms with Crippen molar-refractivity contribution in [3.63, 3.8) is 0 Å². The number of rotatable bonds is 2. The number of nitrogens with one attached hydrogen (secondary N) is 1. The zero-order chi connectivity index (χ0) is 15.1. The van der Waals surface area contributed by atoms with Crippen molar-refractivity contribution in [1.82, 2.24) is 19.9 Å². The summed E-state index contributed by atoms with van der Waals surface area (Å²) in [6, 6.07) is 6.13. The normalized spacial score (nSPS) is 18.6. The molecule has 6 nitrogen and oxygen atoms in total. The van der Waals surface area contributed by atoms with Crippen LogP contribution < -0.4 is 5.32 Å². The molecule has 1 atom stereocenters. The first-order chi connectivity index (χ1) is 10.7. The fourth-order valence-electron chi connectivity index (χ4n) is 2.87. The highest BCUT2D eigenvalue weighted by molar-refractivity contribution is 5.76. The SMILES string of the molecule is Cc1cccn2cc(-c3nc(C4CCC(=O)NC4)no3)cc12. The van der Waals surface area contributed by atoms with Crippen LogP contribution in [-0.2, 0) is 4.79 Å². The lowest BCUT2D eigenvalue weighted by Gasteiger charge is -2.18. The van der Waals surface area contributed by atoms with E-state index in [1.165, 1.54) is 5.56 Å². The quantitative estimate of drug-likeness (QED) is 0.787. The number of pyridine rings is 1. The van der Waals surface area contributed by atoms with E-state index in [9.17, 15) is 4.79 Å². The molecular weight excluding hydrogens is 280 g/mol. The first-order valence-electron chi connectivity index (χ1n) is 7.39. The van der Waals surface area contributed by atoms with E-state index in [2.05, 4.69) is 38.9 Å². The smallest absolute Gasteiger partial charge is 0.259 e. The van der Waals surface area contributed by atoms with E-state index in [1.807, 2.05) is 18.5 Å². The third kappa shape index (κ3) is 2.16. The minimum absolute atomic E-state index is 0.0918. The molecule has 6 heteroatoms. The number of hydrogen-bond acceptors (Lipinski definition) is 4. The van der Waals surface area contributed by atoms with Crippen LogP contribution in [0.4, 0.5) is 0 Å². The molecule has 0 radical (unpaired) electrons. The molecule has 1 unspecified atom stereocenters. The second kappa shape index (κ2) is 4.98. The number of hydrogen-bond donors (Lipinski definition) is 1. The number of carbonyl (C=O) groups is 1. The number of aryl methyl sites for hydroxylation is 1. The Hall–Kier alpha value is -2.63. The predicted octanol–water partition coefficient (Wildman–Crippen LogP) is 2.29. The van der Waals surface area contributed by atoms with E-state index < -0.39 is 0 Å². The second-order valence-corrected chi connectivity index (χ2v) is 5.71. The summed E-state index contributed by atoms with van der Waals surface area (Å²) in [5.41, 5.74) is 3.23. The van der Waals surface area contributed by atoms with Crippen LogP contribution in [0.2, 0.25) is 0 Å². The van der Waals surface area contributed by atoms with E-state index in [0.717, 1.165) is 17.5 Å². The van der Waals surface area contributed by atoms with Crippen LogP contribution in [0.25, 0.3) is 17.0 Å². The molecule has 1 aliphatic heterocycles. The number of carbonyl (C=O) groups excluding carboxylic acids is 1. The topological polar surface area (TPSA) is 72.4 Å². The lowest BCUT2D eigenvalue weighted by atomic mass is 9.99. The van der Waals surface area contributed by atoms with Crippen molar-refractivity contribution in [1.29, 1.82) is 0 Å². The summed E-state index contributed by atoms with van der Waals surface area (Å²) in [6.45, 7) is 2.65. The molecule has 4 rings (SSSR count). The molecule has 1 aliphatic rings. The molecule has 3 aromatic heterocycles. The van der Waals surface area contributed by atoms with Gasteiger partial charge in [0.15, 0.2) is 5.82 Å². The molecule has 4 heterocycles. The van der Waals surface area contributed by atoms with Gasteiger partial charge in [-0.05, 0) is 31.0 Å². The maximum atomic E-state index is 11.2. The standard InChI is InChI=1S/C16H16N4O2/c1-10-3-2-6-20-9-12(7-13(10)20)16-18-15(19-22-16)11-4-5-14(21)17-8-11/h2-3,6-7,9,11H,4-5,8H2,1H3,(H,17,21). The Kier molecular flexibility index (Phi) is 2.96. The highest BCUT2D eigenvalue weighted by Crippen LogP contribution is 2.26. The van der Waals surface area contributed by atoms with Gasteiger partial charge in [-0.1, -0.05) is 11.2 Å². The summed E-state index contributed by atoms with van der Waals surface area (Å²) in [5.74, 6) is 1.42. The van der Waals surface area contributed by atoms with Crippen molar-refractivity contribution in [2.45, 2.75) is 25.7 Å². The largest absolute Gasteiger partial charge is 0.355 e. The second-order valence-electron chi connectivity index (χ2n) is 5.71. The van der Waals surface area contributed by atoms with E-state index >= 15 is 0 Å². The summed E-state index contributed by atoms with van der Waals surface area (Å²) < 4.78 is 7.46. The van der Waals surface area contributed by atoms with E-state index in [4.69, 9.17) is 4.52 Å². The van der Waals surface area contributed by atoms with Gasteiger partial charge in [0.25, 0.3) is 5.89 Å². The van der Waals surface area contributed by atoms with Crippen molar-refractivity contribution in [2.24, 2.45) is 0 Å². The van der Waals surface area contributed by atoms with Gasteiger partial charge < -0.3 is 14.2 Å². The minimum atomic E-state index is 0.0918. The van der Waals surface area contributed by atoms with Crippen molar-refractivity contribution < 1.29 is 9.32 Å². The number of aromatic nitrogens is 3. The van der Waals surface area contributed by atoms with Gasteiger partial charge in [0.1, 0.15) is 0 Å². The third-order valence-electron chi connectivity index (χ3n) is 4.16. The van der Waals surface area contributed by atoms with Crippen molar-refractivity contribution in [3.8, 4) is 11.5 Å². The van der Waals surface area contributed by atoms with E-state index in [1.54, 1.807) is 0 Å². The average Bonchev–Trinajstić information content (AvgIpc) is 3.15. The molecule has 1 saturated heterocycles. The molecule has 3 aromatic rings. The highest BCUT2D eigenvalue weighted by Gasteiger charge is 2.24. The highest BCUT2D eigenvalue weighted by atomic mass is 16.5. The Morgan fingerprint density at radius 1 is 1.45 bits per heavy atom. The van der Waals surface area contributed by atoms with Crippen LogP contribution in [0.1, 0.15) is 30.1 Å². The Morgan fingerprint density at radius 2 is 2.36 bits per heavy atom. The molecule has 22 heavy (non-hydrogen) atoms. The number of nitrogens with zero attached hydrogens (tertiary/aromatic N) is 3. The van der Waals surface area contributed by atoms with Gasteiger partial charge in [0.05, 0.1) is 5.56 Å². The fraction of sp³-hybridized carbons (Fsp3) is 0.312. The summed E-state index contributed by atoms with van der Waals surface area (Å²) in [7, 11) is 0. The Bertz CT molecular complexity index is 839. The molecule has 0 bridgehead atoms. The molecule has 1 fully saturated rings. The van der Waals surface area contributed by atoms with Crippen LogP contribution in [0.15, 0.2) is 35.1 Å². The molecule has 1 amide bonds. The van der Waals surface area contributed by atoms with Gasteiger partial charge in [0.2, 0.25) is 5.91 Å². The number of amides is 1. The van der Waals surface area contributed by atoms with Gasteiger partial charge >= 0.3 is 0 Å². The van der Waals surface area contributed by atoms with Crippen LogP contribution in [0.5, 0.6) is 0 Å². The van der Waals surface area contributed by atoms with Crippen LogP contribution in [0.3, 0.4) is 0 Å². The van der Waals surface area contributed by atoms with Crippen molar-refractivity contribution >= 4 is 11.4 Å². The Balaban J connectivity index is 1.65. The number of fused-ring (bicyclic) bond motifs is 1. The first kappa shape index (κ1) is 13.1. The zero-order valence-electron chi connectivity index (χ0n) is 12.2. The molecule has 0 aliphatic carbocycles. The molecule has 0 spiro atoms. The van der Waals surface area contributed by atoms with E-state index in [0.29, 0.717) is 24.7 Å². The van der Waals surface area contributed by atoms with Gasteiger partial charge in [-0.3, -0.25) is 4.79 Å². The van der Waals surface area contributed by atoms with Gasteiger partial charge in [-0.15, -0.1) is 0 Å². The number of piperidine rings is 1. The molecule has 0 aromatic carbocycles. The summed E-state index contributed by atoms with van der Waals surface area (Å²) in [5, 5.41) is 6.93. The summed E-state index contributed by atoms with van der Waals surface area (Å²) in [4.78, 5) is 15.7. The first-order valence-corrected chi connectivity index (χ1v) is 7.39. The van der Waals surface area contributed by atoms with Crippen LogP contribution >= 0.6 is 0 Å². The summed E-state index contributed by atoms with van der Waals surface area (Å²) >= 11 is 0. The van der Waals surface area contributed by atoms with Crippen LogP contribution in [-0.4, -0.2) is 27.0 Å². The zero-order valence-corrected chi connectivity index (χ0v) is 12.2. The fourth-order valence-corrected chi connectivity index (χ4v) is 2.87. The maximum Gasteiger partial charge on any atom is 0.259 e. The Morgan fingerprint density at radius 3 is 3.14 bits per heavy atom.